The molecule has 0 aliphatic heterocycles. The number of hydrogen-bond acceptors (Lipinski definition) is 2. The molecule has 0 heterocycles. The van der Waals surface area contributed by atoms with Crippen molar-refractivity contribution < 1.29 is 9.53 Å². The SMILES string of the molecule is COc1ccc(CCN(C)C(=O)C2CCCCC2)cc1. The Hall–Kier alpha value is -1.51. The number of benzene rings is 1. The molecule has 0 atom stereocenters. The van der Waals surface area contributed by atoms with Crippen molar-refractivity contribution >= 4 is 5.91 Å². The van der Waals surface area contributed by atoms with Gasteiger partial charge in [0.2, 0.25) is 5.91 Å². The lowest BCUT2D eigenvalue weighted by Gasteiger charge is -2.26. The molecule has 2 rings (SSSR count). The highest BCUT2D eigenvalue weighted by Crippen LogP contribution is 2.25. The molecule has 1 aliphatic carbocycles. The van der Waals surface area contributed by atoms with Gasteiger partial charge in [0.25, 0.3) is 0 Å². The lowest BCUT2D eigenvalue weighted by atomic mass is 9.88. The van der Waals surface area contributed by atoms with Crippen LogP contribution in [0.3, 0.4) is 0 Å². The van der Waals surface area contributed by atoms with Crippen LogP contribution in [0.25, 0.3) is 0 Å². The lowest BCUT2D eigenvalue weighted by molar-refractivity contribution is -0.135. The summed E-state index contributed by atoms with van der Waals surface area (Å²) < 4.78 is 5.15. The van der Waals surface area contributed by atoms with Crippen LogP contribution in [-0.2, 0) is 11.2 Å². The second kappa shape index (κ2) is 7.32. The third-order valence-corrected chi connectivity index (χ3v) is 4.23. The number of hydrogen-bond donors (Lipinski definition) is 0. The van der Waals surface area contributed by atoms with E-state index < -0.39 is 0 Å². The zero-order valence-electron chi connectivity index (χ0n) is 12.6. The summed E-state index contributed by atoms with van der Waals surface area (Å²) in [5.74, 6) is 1.48. The smallest absolute Gasteiger partial charge is 0.225 e. The van der Waals surface area contributed by atoms with E-state index in [0.717, 1.165) is 31.6 Å². The fraction of sp³-hybridized carbons (Fsp3) is 0.588. The van der Waals surface area contributed by atoms with Gasteiger partial charge < -0.3 is 9.64 Å². The monoisotopic (exact) mass is 275 g/mol. The first-order chi connectivity index (χ1) is 9.70. The van der Waals surface area contributed by atoms with E-state index >= 15 is 0 Å². The molecule has 110 valence electrons. The van der Waals surface area contributed by atoms with Crippen molar-refractivity contribution in [2.75, 3.05) is 20.7 Å². The second-order valence-corrected chi connectivity index (χ2v) is 5.69. The number of methoxy groups -OCH3 is 1. The molecule has 0 bridgehead atoms. The van der Waals surface area contributed by atoms with E-state index in [1.54, 1.807) is 7.11 Å². The number of rotatable bonds is 5. The van der Waals surface area contributed by atoms with Gasteiger partial charge in [-0.05, 0) is 37.0 Å². The number of likely N-dealkylation sites (N-methyl/N-ethyl adjacent to an activating group) is 1. The van der Waals surface area contributed by atoms with Crippen molar-refractivity contribution in [1.82, 2.24) is 4.90 Å². The maximum Gasteiger partial charge on any atom is 0.225 e. The quantitative estimate of drug-likeness (QED) is 0.825. The molecule has 1 fully saturated rings. The van der Waals surface area contributed by atoms with Gasteiger partial charge in [-0.2, -0.15) is 0 Å². The largest absolute Gasteiger partial charge is 0.497 e. The molecule has 0 unspecified atom stereocenters. The van der Waals surface area contributed by atoms with Gasteiger partial charge in [-0.3, -0.25) is 4.79 Å². The summed E-state index contributed by atoms with van der Waals surface area (Å²) in [7, 11) is 3.60. The average molecular weight is 275 g/mol. The molecule has 0 spiro atoms. The highest BCUT2D eigenvalue weighted by Gasteiger charge is 2.23. The van der Waals surface area contributed by atoms with E-state index in [1.807, 2.05) is 24.1 Å². The van der Waals surface area contributed by atoms with Crippen LogP contribution in [-0.4, -0.2) is 31.5 Å². The van der Waals surface area contributed by atoms with Crippen molar-refractivity contribution in [2.24, 2.45) is 5.92 Å². The third kappa shape index (κ3) is 3.99. The van der Waals surface area contributed by atoms with Crippen LogP contribution in [0, 0.1) is 5.92 Å². The molecule has 1 aromatic rings. The number of carbonyl (C=O) groups excluding carboxylic acids is 1. The van der Waals surface area contributed by atoms with Gasteiger partial charge in [-0.25, -0.2) is 0 Å². The van der Waals surface area contributed by atoms with Gasteiger partial charge in [0.05, 0.1) is 7.11 Å². The summed E-state index contributed by atoms with van der Waals surface area (Å²) >= 11 is 0. The molecule has 1 aliphatic rings. The Bertz CT molecular complexity index is 421. The molecule has 0 saturated heterocycles. The molecule has 1 aromatic carbocycles. The minimum atomic E-state index is 0.268. The standard InChI is InChI=1S/C17H25NO2/c1-18(17(19)15-6-4-3-5-7-15)13-12-14-8-10-16(20-2)11-9-14/h8-11,15H,3-7,12-13H2,1-2H3. The first kappa shape index (κ1) is 14.9. The molecule has 0 radical (unpaired) electrons. The van der Waals surface area contributed by atoms with E-state index in [-0.39, 0.29) is 5.92 Å². The second-order valence-electron chi connectivity index (χ2n) is 5.69. The van der Waals surface area contributed by atoms with E-state index in [1.165, 1.54) is 24.8 Å². The van der Waals surface area contributed by atoms with Gasteiger partial charge in [0.1, 0.15) is 5.75 Å². The fourth-order valence-electron chi connectivity index (χ4n) is 2.86. The van der Waals surface area contributed by atoms with E-state index in [0.29, 0.717) is 5.91 Å². The molecule has 3 nitrogen and oxygen atoms in total. The molecular formula is C17H25NO2. The van der Waals surface area contributed by atoms with E-state index in [4.69, 9.17) is 4.74 Å². The zero-order chi connectivity index (χ0) is 14.4. The molecule has 1 saturated carbocycles. The van der Waals surface area contributed by atoms with Crippen molar-refractivity contribution in [2.45, 2.75) is 38.5 Å². The maximum atomic E-state index is 12.3. The van der Waals surface area contributed by atoms with Crippen molar-refractivity contribution in [3.05, 3.63) is 29.8 Å². The van der Waals surface area contributed by atoms with Crippen LogP contribution in [0.2, 0.25) is 0 Å². The summed E-state index contributed by atoms with van der Waals surface area (Å²) in [6, 6.07) is 8.08. The van der Waals surface area contributed by atoms with Crippen LogP contribution in [0.1, 0.15) is 37.7 Å². The molecule has 0 N–H and O–H groups in total. The number of nitrogens with zero attached hydrogens (tertiary/aromatic N) is 1. The summed E-state index contributed by atoms with van der Waals surface area (Å²) in [6.45, 7) is 0.793. The fourth-order valence-corrected chi connectivity index (χ4v) is 2.86. The van der Waals surface area contributed by atoms with Crippen LogP contribution in [0.5, 0.6) is 5.75 Å². The normalized spacial score (nSPS) is 15.9. The van der Waals surface area contributed by atoms with Gasteiger partial charge in [-0.1, -0.05) is 31.4 Å². The Morgan fingerprint density at radius 3 is 2.45 bits per heavy atom. The maximum absolute atomic E-state index is 12.3. The predicted octanol–water partition coefficient (Wildman–Crippen LogP) is 3.28. The summed E-state index contributed by atoms with van der Waals surface area (Å²) in [5, 5.41) is 0. The van der Waals surface area contributed by atoms with Gasteiger partial charge in [0.15, 0.2) is 0 Å². The topological polar surface area (TPSA) is 29.5 Å². The molecular weight excluding hydrogens is 250 g/mol. The Kier molecular flexibility index (Phi) is 5.45. The number of amides is 1. The Morgan fingerprint density at radius 1 is 1.20 bits per heavy atom. The highest BCUT2D eigenvalue weighted by molar-refractivity contribution is 5.78. The molecule has 20 heavy (non-hydrogen) atoms. The Balaban J connectivity index is 1.81. The van der Waals surface area contributed by atoms with Crippen LogP contribution < -0.4 is 4.74 Å². The molecule has 1 amide bonds. The van der Waals surface area contributed by atoms with Crippen LogP contribution in [0.4, 0.5) is 0 Å². The van der Waals surface area contributed by atoms with Gasteiger partial charge >= 0.3 is 0 Å². The Labute approximate surface area is 121 Å². The van der Waals surface area contributed by atoms with Crippen LogP contribution in [0.15, 0.2) is 24.3 Å². The number of carbonyl (C=O) groups is 1. The predicted molar refractivity (Wildman–Crippen MR) is 80.9 cm³/mol. The minimum absolute atomic E-state index is 0.268. The van der Waals surface area contributed by atoms with Crippen LogP contribution >= 0.6 is 0 Å². The summed E-state index contributed by atoms with van der Waals surface area (Å²) in [6.07, 6.45) is 6.77. The van der Waals surface area contributed by atoms with Crippen molar-refractivity contribution in [1.29, 1.82) is 0 Å². The Morgan fingerprint density at radius 2 is 1.85 bits per heavy atom. The minimum Gasteiger partial charge on any atom is -0.497 e. The molecule has 3 heteroatoms. The van der Waals surface area contributed by atoms with E-state index in [2.05, 4.69) is 12.1 Å². The number of ether oxygens (including phenoxy) is 1. The summed E-state index contributed by atoms with van der Waals surface area (Å²) in [4.78, 5) is 14.2. The highest BCUT2D eigenvalue weighted by atomic mass is 16.5. The first-order valence-electron chi connectivity index (χ1n) is 7.58. The first-order valence-corrected chi connectivity index (χ1v) is 7.58. The van der Waals surface area contributed by atoms with Crippen molar-refractivity contribution in [3.63, 3.8) is 0 Å². The summed E-state index contributed by atoms with van der Waals surface area (Å²) in [5.41, 5.74) is 1.24. The van der Waals surface area contributed by atoms with E-state index in [9.17, 15) is 4.79 Å². The lowest BCUT2D eigenvalue weighted by Crippen LogP contribution is -2.35. The van der Waals surface area contributed by atoms with Gasteiger partial charge in [0, 0.05) is 19.5 Å². The van der Waals surface area contributed by atoms with Gasteiger partial charge in [-0.15, -0.1) is 0 Å². The third-order valence-electron chi connectivity index (χ3n) is 4.23. The average Bonchev–Trinajstić information content (AvgIpc) is 2.53. The van der Waals surface area contributed by atoms with Crippen molar-refractivity contribution in [3.8, 4) is 5.75 Å². The molecule has 0 aromatic heterocycles. The zero-order valence-corrected chi connectivity index (χ0v) is 12.6.